The zero-order chi connectivity index (χ0) is 19.2. The molecule has 4 heterocycles. The van der Waals surface area contributed by atoms with E-state index in [2.05, 4.69) is 20.0 Å². The maximum absolute atomic E-state index is 13.4. The van der Waals surface area contributed by atoms with Crippen LogP contribution in [0.1, 0.15) is 36.9 Å². The average molecular weight is 378 g/mol. The van der Waals surface area contributed by atoms with E-state index in [0.29, 0.717) is 12.3 Å². The van der Waals surface area contributed by atoms with Crippen molar-refractivity contribution in [2.45, 2.75) is 45.5 Å². The Labute approximate surface area is 156 Å². The van der Waals surface area contributed by atoms with E-state index >= 15 is 0 Å². The van der Waals surface area contributed by atoms with Gasteiger partial charge in [-0.25, -0.2) is 13.8 Å². The third-order valence-electron chi connectivity index (χ3n) is 5.75. The SMILES string of the molecule is Cc1nc2ncnn2c(N2CCCC(C(=O)N3CCC(F)(F)CC3)C2)c1C. The molecule has 0 radical (unpaired) electrons. The van der Waals surface area contributed by atoms with Gasteiger partial charge in [-0.1, -0.05) is 0 Å². The number of likely N-dealkylation sites (tertiary alicyclic amines) is 1. The summed E-state index contributed by atoms with van der Waals surface area (Å²) in [6.45, 7) is 5.60. The number of amides is 1. The summed E-state index contributed by atoms with van der Waals surface area (Å²) >= 11 is 0. The van der Waals surface area contributed by atoms with E-state index in [1.807, 2.05) is 13.8 Å². The maximum atomic E-state index is 13.4. The molecule has 0 aliphatic carbocycles. The molecule has 0 bridgehead atoms. The van der Waals surface area contributed by atoms with Crippen molar-refractivity contribution in [3.05, 3.63) is 17.6 Å². The lowest BCUT2D eigenvalue weighted by atomic mass is 9.94. The van der Waals surface area contributed by atoms with Crippen molar-refractivity contribution in [1.82, 2.24) is 24.5 Å². The monoisotopic (exact) mass is 378 g/mol. The summed E-state index contributed by atoms with van der Waals surface area (Å²) in [4.78, 5) is 25.3. The predicted octanol–water partition coefficient (Wildman–Crippen LogP) is 2.22. The summed E-state index contributed by atoms with van der Waals surface area (Å²) in [5, 5.41) is 4.29. The quantitative estimate of drug-likeness (QED) is 0.802. The molecule has 1 amide bonds. The van der Waals surface area contributed by atoms with Gasteiger partial charge in [0.05, 0.1) is 5.92 Å². The molecule has 9 heteroatoms. The first-order valence-corrected chi connectivity index (χ1v) is 9.44. The highest BCUT2D eigenvalue weighted by molar-refractivity contribution is 5.80. The van der Waals surface area contributed by atoms with Crippen LogP contribution in [-0.4, -0.2) is 62.5 Å². The third-order valence-corrected chi connectivity index (χ3v) is 5.75. The van der Waals surface area contributed by atoms with Crippen molar-refractivity contribution in [3.63, 3.8) is 0 Å². The second-order valence-electron chi connectivity index (χ2n) is 7.58. The number of carbonyl (C=O) groups is 1. The van der Waals surface area contributed by atoms with Crippen LogP contribution in [0.2, 0.25) is 0 Å². The third kappa shape index (κ3) is 3.35. The van der Waals surface area contributed by atoms with Crippen LogP contribution >= 0.6 is 0 Å². The molecule has 2 saturated heterocycles. The smallest absolute Gasteiger partial charge is 0.254 e. The Hall–Kier alpha value is -2.32. The lowest BCUT2D eigenvalue weighted by Crippen LogP contribution is -2.49. The van der Waals surface area contributed by atoms with Crippen molar-refractivity contribution in [2.24, 2.45) is 5.92 Å². The lowest BCUT2D eigenvalue weighted by Gasteiger charge is -2.38. The van der Waals surface area contributed by atoms with E-state index in [1.165, 1.54) is 6.33 Å². The van der Waals surface area contributed by atoms with Gasteiger partial charge in [-0.3, -0.25) is 4.79 Å². The number of piperidine rings is 2. The van der Waals surface area contributed by atoms with Crippen LogP contribution in [0.5, 0.6) is 0 Å². The van der Waals surface area contributed by atoms with Crippen LogP contribution in [-0.2, 0) is 4.79 Å². The molecule has 2 aromatic rings. The number of anilines is 1. The van der Waals surface area contributed by atoms with Gasteiger partial charge in [-0.05, 0) is 26.7 Å². The van der Waals surface area contributed by atoms with Gasteiger partial charge in [0, 0.05) is 50.3 Å². The van der Waals surface area contributed by atoms with E-state index in [-0.39, 0.29) is 37.8 Å². The summed E-state index contributed by atoms with van der Waals surface area (Å²) in [5.41, 5.74) is 1.90. The summed E-state index contributed by atoms with van der Waals surface area (Å²) in [5.74, 6) is -1.37. The molecule has 0 aromatic carbocycles. The van der Waals surface area contributed by atoms with E-state index in [4.69, 9.17) is 0 Å². The fraction of sp³-hybridized carbons (Fsp3) is 0.667. The van der Waals surface area contributed by atoms with E-state index < -0.39 is 5.92 Å². The lowest BCUT2D eigenvalue weighted by molar-refractivity contribution is -0.141. The number of hydrogen-bond donors (Lipinski definition) is 0. The van der Waals surface area contributed by atoms with Crippen LogP contribution in [0.25, 0.3) is 5.78 Å². The highest BCUT2D eigenvalue weighted by Crippen LogP contribution is 2.31. The molecule has 0 spiro atoms. The molecule has 1 unspecified atom stereocenters. The van der Waals surface area contributed by atoms with Gasteiger partial charge in [0.15, 0.2) is 0 Å². The number of fused-ring (bicyclic) bond motifs is 1. The molecule has 2 fully saturated rings. The minimum absolute atomic E-state index is 0.00605. The number of carbonyl (C=O) groups excluding carboxylic acids is 1. The van der Waals surface area contributed by atoms with Crippen molar-refractivity contribution >= 4 is 17.5 Å². The van der Waals surface area contributed by atoms with Crippen LogP contribution < -0.4 is 4.90 Å². The first kappa shape index (κ1) is 18.1. The fourth-order valence-electron chi connectivity index (χ4n) is 4.07. The number of nitrogens with zero attached hydrogens (tertiary/aromatic N) is 6. The summed E-state index contributed by atoms with van der Waals surface area (Å²) in [6.07, 6.45) is 2.66. The summed E-state index contributed by atoms with van der Waals surface area (Å²) in [6, 6.07) is 0. The number of aromatic nitrogens is 4. The Bertz CT molecular complexity index is 857. The number of rotatable bonds is 2. The second-order valence-corrected chi connectivity index (χ2v) is 7.58. The topological polar surface area (TPSA) is 66.6 Å². The summed E-state index contributed by atoms with van der Waals surface area (Å²) in [7, 11) is 0. The van der Waals surface area contributed by atoms with Crippen molar-refractivity contribution < 1.29 is 13.6 Å². The van der Waals surface area contributed by atoms with Crippen molar-refractivity contribution in [1.29, 1.82) is 0 Å². The molecular formula is C18H24F2N6O. The van der Waals surface area contributed by atoms with Crippen molar-refractivity contribution in [3.8, 4) is 0 Å². The molecule has 2 aliphatic rings. The Morgan fingerprint density at radius 2 is 1.96 bits per heavy atom. The molecular weight excluding hydrogens is 354 g/mol. The van der Waals surface area contributed by atoms with Crippen LogP contribution in [0.4, 0.5) is 14.6 Å². The molecule has 146 valence electrons. The van der Waals surface area contributed by atoms with E-state index in [9.17, 15) is 13.6 Å². The van der Waals surface area contributed by atoms with Gasteiger partial charge >= 0.3 is 0 Å². The Kier molecular flexibility index (Phi) is 4.47. The standard InChI is InChI=1S/C18H24F2N6O/c1-12-13(2)23-17-21-11-22-26(17)15(12)25-7-3-4-14(10-25)16(27)24-8-5-18(19,20)6-9-24/h11,14H,3-10H2,1-2H3. The van der Waals surface area contributed by atoms with Gasteiger partial charge < -0.3 is 9.80 Å². The number of alkyl halides is 2. The normalized spacial score (nSPS) is 23.0. The number of hydrogen-bond acceptors (Lipinski definition) is 5. The van der Waals surface area contributed by atoms with Crippen LogP contribution in [0.3, 0.4) is 0 Å². The minimum atomic E-state index is -2.64. The number of halogens is 2. The first-order valence-electron chi connectivity index (χ1n) is 9.44. The van der Waals surface area contributed by atoms with Gasteiger partial charge in [0.25, 0.3) is 11.7 Å². The average Bonchev–Trinajstić information content (AvgIpc) is 3.10. The van der Waals surface area contributed by atoms with Gasteiger partial charge in [0.2, 0.25) is 5.91 Å². The molecule has 1 atom stereocenters. The van der Waals surface area contributed by atoms with Gasteiger partial charge in [0.1, 0.15) is 12.1 Å². The fourth-order valence-corrected chi connectivity index (χ4v) is 4.07. The first-order chi connectivity index (χ1) is 12.9. The Morgan fingerprint density at radius 3 is 2.70 bits per heavy atom. The minimum Gasteiger partial charge on any atom is -0.355 e. The second kappa shape index (κ2) is 6.69. The highest BCUT2D eigenvalue weighted by Gasteiger charge is 2.38. The molecule has 7 nitrogen and oxygen atoms in total. The molecule has 0 saturated carbocycles. The van der Waals surface area contributed by atoms with Gasteiger partial charge in [-0.15, -0.1) is 0 Å². The Balaban J connectivity index is 1.55. The van der Waals surface area contributed by atoms with E-state index in [0.717, 1.165) is 36.5 Å². The van der Waals surface area contributed by atoms with Crippen LogP contribution in [0, 0.1) is 19.8 Å². The zero-order valence-electron chi connectivity index (χ0n) is 15.7. The maximum Gasteiger partial charge on any atom is 0.254 e. The molecule has 27 heavy (non-hydrogen) atoms. The van der Waals surface area contributed by atoms with Crippen molar-refractivity contribution in [2.75, 3.05) is 31.1 Å². The molecule has 4 rings (SSSR count). The summed E-state index contributed by atoms with van der Waals surface area (Å²) < 4.78 is 28.5. The number of aryl methyl sites for hydroxylation is 1. The largest absolute Gasteiger partial charge is 0.355 e. The van der Waals surface area contributed by atoms with E-state index in [1.54, 1.807) is 9.42 Å². The van der Waals surface area contributed by atoms with Crippen LogP contribution in [0.15, 0.2) is 6.33 Å². The molecule has 0 N–H and O–H groups in total. The Morgan fingerprint density at radius 1 is 1.22 bits per heavy atom. The highest BCUT2D eigenvalue weighted by atomic mass is 19.3. The van der Waals surface area contributed by atoms with Gasteiger partial charge in [-0.2, -0.15) is 14.6 Å². The molecule has 2 aromatic heterocycles. The zero-order valence-corrected chi connectivity index (χ0v) is 15.7. The predicted molar refractivity (Wildman–Crippen MR) is 96.0 cm³/mol. The molecule has 2 aliphatic heterocycles.